The number of carbonyl (C=O) groups is 1. The summed E-state index contributed by atoms with van der Waals surface area (Å²) in [5.74, 6) is -3.01. The van der Waals surface area contributed by atoms with Crippen molar-refractivity contribution >= 4 is 5.97 Å². The smallest absolute Gasteiger partial charge is 0.430 e. The van der Waals surface area contributed by atoms with Crippen LogP contribution in [0.25, 0.3) is 0 Å². The second-order valence-corrected chi connectivity index (χ2v) is 3.94. The van der Waals surface area contributed by atoms with Crippen LogP contribution in [0, 0.1) is 0 Å². The van der Waals surface area contributed by atoms with Gasteiger partial charge in [0.05, 0.1) is 6.61 Å². The van der Waals surface area contributed by atoms with Gasteiger partial charge in [-0.05, 0) is 0 Å². The van der Waals surface area contributed by atoms with Crippen molar-refractivity contribution in [2.45, 2.75) is 36.7 Å². The molecule has 5 atom stereocenters. The third-order valence-corrected chi connectivity index (χ3v) is 2.51. The Balaban J connectivity index is 0.000000441. The van der Waals surface area contributed by atoms with Gasteiger partial charge in [0.1, 0.15) is 43.0 Å². The van der Waals surface area contributed by atoms with Crippen LogP contribution in [0.2, 0.25) is 0 Å². The minimum atomic E-state index is -5.19. The highest BCUT2D eigenvalue weighted by Gasteiger charge is 2.43. The highest BCUT2D eigenvalue weighted by atomic mass is 19.4. The zero-order valence-electron chi connectivity index (χ0n) is 10.2. The first-order valence-electron chi connectivity index (χ1n) is 5.44. The van der Waals surface area contributed by atoms with Crippen LogP contribution < -0.4 is 10.8 Å². The van der Waals surface area contributed by atoms with Crippen molar-refractivity contribution in [3.05, 3.63) is 0 Å². The minimum absolute atomic E-state index is 0.279. The molecule has 11 heteroatoms. The molecule has 1 aliphatic heterocycles. The highest BCUT2D eigenvalue weighted by molar-refractivity contribution is 5.70. The Labute approximate surface area is 111 Å². The van der Waals surface area contributed by atoms with Crippen LogP contribution in [-0.2, 0) is 9.53 Å². The number of aliphatic hydroxyl groups excluding tert-OH is 4. The van der Waals surface area contributed by atoms with Crippen LogP contribution in [0.15, 0.2) is 0 Å². The van der Waals surface area contributed by atoms with E-state index in [0.29, 0.717) is 0 Å². The normalized spacial score (nSPS) is 34.1. The molecule has 0 aliphatic carbocycles. The van der Waals surface area contributed by atoms with Crippen molar-refractivity contribution in [1.29, 1.82) is 0 Å². The van der Waals surface area contributed by atoms with Crippen molar-refractivity contribution in [2.75, 3.05) is 13.2 Å². The Hall–Kier alpha value is -0.980. The summed E-state index contributed by atoms with van der Waals surface area (Å²) < 4.78 is 36.7. The van der Waals surface area contributed by atoms with E-state index in [0.717, 1.165) is 0 Å². The number of quaternary nitrogens is 1. The van der Waals surface area contributed by atoms with Gasteiger partial charge >= 0.3 is 6.18 Å². The fourth-order valence-electron chi connectivity index (χ4n) is 1.42. The van der Waals surface area contributed by atoms with E-state index >= 15 is 0 Å². The quantitative estimate of drug-likeness (QED) is 0.343. The van der Waals surface area contributed by atoms with Crippen LogP contribution in [0.3, 0.4) is 0 Å². The molecule has 1 fully saturated rings. The second-order valence-electron chi connectivity index (χ2n) is 3.94. The van der Waals surface area contributed by atoms with Gasteiger partial charge in [-0.1, -0.05) is 0 Å². The molecule has 0 aromatic carbocycles. The number of carboxylic acids is 1. The topological polar surface area (TPSA) is 158 Å². The monoisotopic (exact) mass is 307 g/mol. The van der Waals surface area contributed by atoms with Gasteiger partial charge in [0.25, 0.3) is 0 Å². The van der Waals surface area contributed by atoms with Gasteiger partial charge in [-0.15, -0.1) is 0 Å². The van der Waals surface area contributed by atoms with E-state index in [4.69, 9.17) is 19.7 Å². The number of aliphatic hydroxyl groups is 4. The lowest BCUT2D eigenvalue weighted by molar-refractivity contribution is -0.403. The van der Waals surface area contributed by atoms with E-state index in [2.05, 4.69) is 5.73 Å². The number of aliphatic carboxylic acids is 1. The molecule has 0 saturated carbocycles. The predicted molar refractivity (Wildman–Crippen MR) is 52.6 cm³/mol. The van der Waals surface area contributed by atoms with Crippen molar-refractivity contribution in [1.82, 2.24) is 0 Å². The SMILES string of the molecule is O=C([O-])C(F)(F)F.[NH3+]C[C@@H]1O[C@H](CO)[C@@H](O)[C@H](O)[C@@H]1O. The molecular formula is C9H16F3NO7. The first kappa shape index (κ1) is 19.0. The van der Waals surface area contributed by atoms with Crippen LogP contribution in [0.4, 0.5) is 13.2 Å². The van der Waals surface area contributed by atoms with E-state index in [1.807, 2.05) is 0 Å². The van der Waals surface area contributed by atoms with Crippen LogP contribution in [0.1, 0.15) is 0 Å². The summed E-state index contributed by atoms with van der Waals surface area (Å²) in [6.07, 6.45) is -10.3. The largest absolute Gasteiger partial charge is 0.542 e. The zero-order valence-corrected chi connectivity index (χ0v) is 10.2. The van der Waals surface area contributed by atoms with Gasteiger partial charge in [0.2, 0.25) is 0 Å². The fourth-order valence-corrected chi connectivity index (χ4v) is 1.42. The Kier molecular flexibility index (Phi) is 7.33. The van der Waals surface area contributed by atoms with Gasteiger partial charge in [0.15, 0.2) is 0 Å². The Morgan fingerprint density at radius 1 is 1.15 bits per heavy atom. The highest BCUT2D eigenvalue weighted by Crippen LogP contribution is 2.19. The van der Waals surface area contributed by atoms with Gasteiger partial charge in [-0.25, -0.2) is 0 Å². The van der Waals surface area contributed by atoms with Gasteiger partial charge in [-0.3, -0.25) is 0 Å². The summed E-state index contributed by atoms with van der Waals surface area (Å²) >= 11 is 0. The lowest BCUT2D eigenvalue weighted by Crippen LogP contribution is -2.67. The number of rotatable bonds is 2. The minimum Gasteiger partial charge on any atom is -0.542 e. The molecule has 0 spiro atoms. The van der Waals surface area contributed by atoms with Crippen LogP contribution in [-0.4, -0.2) is 76.2 Å². The average molecular weight is 307 g/mol. The maximum atomic E-state index is 10.5. The summed E-state index contributed by atoms with van der Waals surface area (Å²) in [5.41, 5.74) is 3.53. The molecule has 0 aromatic heterocycles. The molecule has 0 aromatic rings. The number of hydrogen-bond acceptors (Lipinski definition) is 7. The molecule has 0 unspecified atom stereocenters. The molecule has 0 radical (unpaired) electrons. The number of ether oxygens (including phenoxy) is 1. The Morgan fingerprint density at radius 2 is 1.55 bits per heavy atom. The summed E-state index contributed by atoms with van der Waals surface area (Å²) in [6, 6.07) is 0. The molecule has 7 N–H and O–H groups in total. The number of alkyl halides is 3. The summed E-state index contributed by atoms with van der Waals surface area (Å²) in [6.45, 7) is -0.108. The third kappa shape index (κ3) is 5.19. The van der Waals surface area contributed by atoms with E-state index in [1.54, 1.807) is 0 Å². The van der Waals surface area contributed by atoms with Crippen molar-refractivity contribution < 1.29 is 54.0 Å². The first-order chi connectivity index (χ1) is 9.06. The predicted octanol–water partition coefficient (Wildman–Crippen LogP) is -4.63. The molecule has 20 heavy (non-hydrogen) atoms. The van der Waals surface area contributed by atoms with Crippen LogP contribution >= 0.6 is 0 Å². The summed E-state index contributed by atoms with van der Waals surface area (Å²) in [5, 5.41) is 45.6. The summed E-state index contributed by atoms with van der Waals surface area (Å²) in [4.78, 5) is 8.78. The Morgan fingerprint density at radius 3 is 1.85 bits per heavy atom. The van der Waals surface area contributed by atoms with E-state index in [-0.39, 0.29) is 13.2 Å². The van der Waals surface area contributed by atoms with E-state index < -0.39 is 42.7 Å². The van der Waals surface area contributed by atoms with Crippen molar-refractivity contribution in [3.8, 4) is 0 Å². The molecular weight excluding hydrogens is 291 g/mol. The number of carboxylic acid groups (broad SMARTS) is 1. The molecule has 1 aliphatic rings. The van der Waals surface area contributed by atoms with E-state index in [9.17, 15) is 28.5 Å². The van der Waals surface area contributed by atoms with Gasteiger partial charge in [0, 0.05) is 0 Å². The molecule has 1 heterocycles. The molecule has 0 amide bonds. The number of hydrogen-bond donors (Lipinski definition) is 5. The van der Waals surface area contributed by atoms with Gasteiger partial charge < -0.3 is 40.8 Å². The van der Waals surface area contributed by atoms with E-state index in [1.165, 1.54) is 0 Å². The lowest BCUT2D eigenvalue weighted by atomic mass is 9.95. The van der Waals surface area contributed by atoms with Gasteiger partial charge in [-0.2, -0.15) is 13.2 Å². The summed E-state index contributed by atoms with van der Waals surface area (Å²) in [7, 11) is 0. The zero-order chi connectivity index (χ0) is 16.1. The number of halogens is 3. The molecule has 8 nitrogen and oxygen atoms in total. The lowest BCUT2D eigenvalue weighted by Gasteiger charge is -2.38. The first-order valence-corrected chi connectivity index (χ1v) is 5.44. The molecule has 120 valence electrons. The van der Waals surface area contributed by atoms with Crippen molar-refractivity contribution in [2.24, 2.45) is 0 Å². The molecule has 0 bridgehead atoms. The maximum absolute atomic E-state index is 10.5. The average Bonchev–Trinajstić information content (AvgIpc) is 2.36. The second kappa shape index (κ2) is 7.71. The molecule has 1 saturated heterocycles. The maximum Gasteiger partial charge on any atom is 0.430 e. The molecule has 1 rings (SSSR count). The van der Waals surface area contributed by atoms with Crippen molar-refractivity contribution in [3.63, 3.8) is 0 Å². The Bertz CT molecular complexity index is 294. The standard InChI is InChI=1S/C7H15NO5.C2HF3O2/c8-1-3-5(10)7(12)6(11)4(2-9)13-3;3-2(4,5)1(6)7/h3-7,9-12H,1-2,8H2;(H,6,7)/t3-,4+,5+,6+,7+;/m0./s1. The number of carbonyl (C=O) groups excluding carboxylic acids is 1. The van der Waals surface area contributed by atoms with Crippen LogP contribution in [0.5, 0.6) is 0 Å². The fraction of sp³-hybridized carbons (Fsp3) is 0.889. The third-order valence-electron chi connectivity index (χ3n) is 2.51.